The number of nitrogens with two attached hydrogens (primary N) is 1. The smallest absolute Gasteiger partial charge is 0.220 e. The van der Waals surface area contributed by atoms with Gasteiger partial charge in [0.25, 0.3) is 0 Å². The largest absolute Gasteiger partial charge is 0.369 e. The third kappa shape index (κ3) is 2.91. The topological polar surface area (TPSA) is 89.9 Å². The van der Waals surface area contributed by atoms with Crippen molar-refractivity contribution in [3.63, 3.8) is 0 Å². The lowest BCUT2D eigenvalue weighted by molar-refractivity contribution is -0.122. The third-order valence-corrected chi connectivity index (χ3v) is 4.86. The number of piperidine rings is 1. The monoisotopic (exact) mass is 356 g/mol. The summed E-state index contributed by atoms with van der Waals surface area (Å²) in [6.45, 7) is 1.48. The Balaban J connectivity index is 1.68. The highest BCUT2D eigenvalue weighted by Crippen LogP contribution is 2.28. The van der Waals surface area contributed by atoms with Crippen LogP contribution in [0.25, 0.3) is 16.7 Å². The Morgan fingerprint density at radius 2 is 1.88 bits per heavy atom. The summed E-state index contributed by atoms with van der Waals surface area (Å²) in [5, 5.41) is 6.02. The van der Waals surface area contributed by atoms with E-state index in [4.69, 9.17) is 17.3 Å². The molecule has 1 amide bonds. The second-order valence-corrected chi connectivity index (χ2v) is 6.57. The lowest BCUT2D eigenvalue weighted by Gasteiger charge is -2.31. The molecule has 8 heteroatoms. The summed E-state index contributed by atoms with van der Waals surface area (Å²) in [5.74, 6) is 0.571. The fourth-order valence-corrected chi connectivity index (χ4v) is 3.36. The van der Waals surface area contributed by atoms with E-state index < -0.39 is 0 Å². The van der Waals surface area contributed by atoms with E-state index in [-0.39, 0.29) is 11.8 Å². The van der Waals surface area contributed by atoms with Gasteiger partial charge in [-0.1, -0.05) is 11.6 Å². The number of primary amides is 1. The second kappa shape index (κ2) is 6.33. The first kappa shape index (κ1) is 15.8. The number of amides is 1. The molecule has 1 aromatic carbocycles. The van der Waals surface area contributed by atoms with Crippen LogP contribution in [0.15, 0.2) is 36.8 Å². The summed E-state index contributed by atoms with van der Waals surface area (Å²) >= 11 is 5.96. The van der Waals surface area contributed by atoms with Crippen molar-refractivity contribution in [2.75, 3.05) is 18.0 Å². The molecule has 0 bridgehead atoms. The van der Waals surface area contributed by atoms with Crippen LogP contribution in [0.3, 0.4) is 0 Å². The van der Waals surface area contributed by atoms with Gasteiger partial charge >= 0.3 is 0 Å². The highest BCUT2D eigenvalue weighted by atomic mass is 35.5. The summed E-state index contributed by atoms with van der Waals surface area (Å²) in [5.41, 5.74) is 7.04. The molecule has 128 valence electrons. The van der Waals surface area contributed by atoms with Crippen molar-refractivity contribution in [2.24, 2.45) is 11.7 Å². The molecule has 3 aromatic rings. The standard InChI is InChI=1S/C17H17ClN6O/c18-12-1-3-13(4-2-12)24-17-14(9-22-24)16(20-10-21-17)23-7-5-11(6-8-23)15(19)25/h1-4,9-11H,5-8H2,(H2,19,25). The van der Waals surface area contributed by atoms with Gasteiger partial charge in [-0.2, -0.15) is 5.10 Å². The van der Waals surface area contributed by atoms with Gasteiger partial charge in [-0.15, -0.1) is 0 Å². The number of carbonyl (C=O) groups is 1. The highest BCUT2D eigenvalue weighted by molar-refractivity contribution is 6.30. The molecule has 1 aliphatic heterocycles. The molecular weight excluding hydrogens is 340 g/mol. The predicted molar refractivity (Wildman–Crippen MR) is 95.8 cm³/mol. The SMILES string of the molecule is NC(=O)C1CCN(c2ncnc3c2cnn3-c2ccc(Cl)cc2)CC1. The first-order chi connectivity index (χ1) is 12.1. The van der Waals surface area contributed by atoms with Crippen molar-refractivity contribution in [1.82, 2.24) is 19.7 Å². The van der Waals surface area contributed by atoms with Crippen molar-refractivity contribution in [3.05, 3.63) is 41.8 Å². The number of hydrogen-bond donors (Lipinski definition) is 1. The van der Waals surface area contributed by atoms with Crippen LogP contribution < -0.4 is 10.6 Å². The van der Waals surface area contributed by atoms with Crippen LogP contribution in [0.1, 0.15) is 12.8 Å². The summed E-state index contributed by atoms with van der Waals surface area (Å²) < 4.78 is 1.77. The first-order valence-corrected chi connectivity index (χ1v) is 8.50. The minimum atomic E-state index is -0.219. The Hall–Kier alpha value is -2.67. The van der Waals surface area contributed by atoms with E-state index in [0.717, 1.165) is 48.5 Å². The van der Waals surface area contributed by atoms with Gasteiger partial charge in [0.15, 0.2) is 5.65 Å². The molecule has 2 aromatic heterocycles. The molecule has 0 atom stereocenters. The number of carbonyl (C=O) groups excluding carboxylic acids is 1. The van der Waals surface area contributed by atoms with Gasteiger partial charge in [0.05, 0.1) is 17.3 Å². The van der Waals surface area contributed by atoms with Crippen molar-refractivity contribution in [2.45, 2.75) is 12.8 Å². The molecule has 3 heterocycles. The van der Waals surface area contributed by atoms with Crippen molar-refractivity contribution in [3.8, 4) is 5.69 Å². The normalized spacial score (nSPS) is 15.6. The molecule has 0 unspecified atom stereocenters. The maximum absolute atomic E-state index is 11.3. The Morgan fingerprint density at radius 1 is 1.16 bits per heavy atom. The number of halogens is 1. The van der Waals surface area contributed by atoms with E-state index in [1.54, 1.807) is 17.2 Å². The summed E-state index contributed by atoms with van der Waals surface area (Å²) in [6, 6.07) is 7.44. The molecule has 0 spiro atoms. The molecule has 4 rings (SSSR count). The summed E-state index contributed by atoms with van der Waals surface area (Å²) in [4.78, 5) is 22.4. The molecule has 1 saturated heterocycles. The lowest BCUT2D eigenvalue weighted by Crippen LogP contribution is -2.39. The molecule has 7 nitrogen and oxygen atoms in total. The zero-order valence-electron chi connectivity index (χ0n) is 13.5. The van der Waals surface area contributed by atoms with Gasteiger partial charge in [-0.05, 0) is 37.1 Å². The first-order valence-electron chi connectivity index (χ1n) is 8.12. The van der Waals surface area contributed by atoms with Crippen molar-refractivity contribution in [1.29, 1.82) is 0 Å². The number of anilines is 1. The minimum absolute atomic E-state index is 0.0506. The number of fused-ring (bicyclic) bond motifs is 1. The van der Waals surface area contributed by atoms with Crippen LogP contribution in [-0.4, -0.2) is 38.7 Å². The molecule has 0 aliphatic carbocycles. The summed E-state index contributed by atoms with van der Waals surface area (Å²) in [6.07, 6.45) is 4.81. The maximum Gasteiger partial charge on any atom is 0.220 e. The summed E-state index contributed by atoms with van der Waals surface area (Å²) in [7, 11) is 0. The van der Waals surface area contributed by atoms with Crippen molar-refractivity contribution < 1.29 is 4.79 Å². The van der Waals surface area contributed by atoms with Crippen LogP contribution in [0.4, 0.5) is 5.82 Å². The van der Waals surface area contributed by atoms with Gasteiger partial charge in [0.1, 0.15) is 12.1 Å². The second-order valence-electron chi connectivity index (χ2n) is 6.13. The van der Waals surface area contributed by atoms with Crippen LogP contribution in [0, 0.1) is 5.92 Å². The van der Waals surface area contributed by atoms with E-state index in [1.807, 2.05) is 24.3 Å². The number of aromatic nitrogens is 4. The van der Waals surface area contributed by atoms with Crippen LogP contribution in [0.5, 0.6) is 0 Å². The fourth-order valence-electron chi connectivity index (χ4n) is 3.23. The van der Waals surface area contributed by atoms with E-state index in [9.17, 15) is 4.79 Å². The van der Waals surface area contributed by atoms with Crippen LogP contribution in [-0.2, 0) is 4.79 Å². The van der Waals surface area contributed by atoms with Gasteiger partial charge in [0.2, 0.25) is 5.91 Å². The Bertz CT molecular complexity index is 915. The van der Waals surface area contributed by atoms with Gasteiger partial charge in [-0.25, -0.2) is 14.6 Å². The Labute approximate surface area is 149 Å². The quantitative estimate of drug-likeness (QED) is 0.776. The zero-order valence-corrected chi connectivity index (χ0v) is 14.2. The number of nitrogens with zero attached hydrogens (tertiary/aromatic N) is 5. The maximum atomic E-state index is 11.3. The van der Waals surface area contributed by atoms with E-state index in [1.165, 1.54) is 0 Å². The molecule has 0 radical (unpaired) electrons. The van der Waals surface area contributed by atoms with E-state index >= 15 is 0 Å². The molecule has 25 heavy (non-hydrogen) atoms. The number of benzene rings is 1. The number of rotatable bonds is 3. The third-order valence-electron chi connectivity index (χ3n) is 4.61. The molecule has 0 saturated carbocycles. The van der Waals surface area contributed by atoms with Crippen LogP contribution in [0.2, 0.25) is 5.02 Å². The average Bonchev–Trinajstić information content (AvgIpc) is 3.06. The van der Waals surface area contributed by atoms with Gasteiger partial charge in [0, 0.05) is 24.0 Å². The molecule has 2 N–H and O–H groups in total. The molecule has 1 aliphatic rings. The van der Waals surface area contributed by atoms with E-state index in [2.05, 4.69) is 20.0 Å². The predicted octanol–water partition coefficient (Wildman–Crippen LogP) is 2.17. The van der Waals surface area contributed by atoms with E-state index in [0.29, 0.717) is 5.02 Å². The fraction of sp³-hybridized carbons (Fsp3) is 0.294. The lowest BCUT2D eigenvalue weighted by atomic mass is 9.96. The van der Waals surface area contributed by atoms with Crippen molar-refractivity contribution >= 4 is 34.4 Å². The zero-order chi connectivity index (χ0) is 17.4. The highest BCUT2D eigenvalue weighted by Gasteiger charge is 2.25. The average molecular weight is 357 g/mol. The molecule has 1 fully saturated rings. The van der Waals surface area contributed by atoms with Crippen LogP contribution >= 0.6 is 11.6 Å². The Morgan fingerprint density at radius 3 is 2.56 bits per heavy atom. The number of hydrogen-bond acceptors (Lipinski definition) is 5. The van der Waals surface area contributed by atoms with Gasteiger partial charge < -0.3 is 10.6 Å². The molecular formula is C17H17ClN6O. The Kier molecular flexibility index (Phi) is 4.01. The minimum Gasteiger partial charge on any atom is -0.369 e. The van der Waals surface area contributed by atoms with Gasteiger partial charge in [-0.3, -0.25) is 4.79 Å².